The number of hydrogen-bond acceptors (Lipinski definition) is 4. The summed E-state index contributed by atoms with van der Waals surface area (Å²) in [7, 11) is 1.61. The number of rotatable bonds is 8. The van der Waals surface area contributed by atoms with Crippen LogP contribution < -0.4 is 0 Å². The van der Waals surface area contributed by atoms with Gasteiger partial charge in [-0.3, -0.25) is 9.36 Å². The lowest BCUT2D eigenvalue weighted by atomic mass is 10.2. The van der Waals surface area contributed by atoms with E-state index in [1.165, 1.54) is 22.0 Å². The number of fused-ring (bicyclic) bond motifs is 1. The number of aryl methyl sites for hydroxylation is 1. The van der Waals surface area contributed by atoms with Crippen LogP contribution in [0.1, 0.15) is 36.6 Å². The van der Waals surface area contributed by atoms with Crippen LogP contribution in [0.5, 0.6) is 0 Å². The minimum atomic E-state index is -2.65. The molecule has 0 atom stereocenters. The van der Waals surface area contributed by atoms with Gasteiger partial charge in [0, 0.05) is 25.9 Å². The summed E-state index contributed by atoms with van der Waals surface area (Å²) in [5.41, 5.74) is 1.01. The Kier molecular flexibility index (Phi) is 5.92. The molecule has 0 saturated heterocycles. The van der Waals surface area contributed by atoms with Crippen molar-refractivity contribution >= 4 is 27.5 Å². The van der Waals surface area contributed by atoms with Crippen molar-refractivity contribution < 1.29 is 13.6 Å². The van der Waals surface area contributed by atoms with Crippen LogP contribution in [0.25, 0.3) is 10.2 Å². The third-order valence-electron chi connectivity index (χ3n) is 4.13. The normalized spacial score (nSPS) is 11.4. The Bertz CT molecular complexity index is 844. The molecule has 0 aliphatic heterocycles. The Labute approximate surface area is 154 Å². The summed E-state index contributed by atoms with van der Waals surface area (Å²) in [5.74, 6) is 0.114. The highest BCUT2D eigenvalue weighted by Gasteiger charge is 2.16. The number of carbonyl (C=O) groups is 1. The molecule has 138 valence electrons. The highest BCUT2D eigenvalue weighted by molar-refractivity contribution is 7.18. The van der Waals surface area contributed by atoms with Gasteiger partial charge in [-0.25, -0.2) is 9.97 Å². The highest BCUT2D eigenvalue weighted by Crippen LogP contribution is 2.23. The first-order chi connectivity index (χ1) is 12.5. The van der Waals surface area contributed by atoms with Gasteiger partial charge in [-0.15, -0.1) is 11.3 Å². The molecule has 2 heterocycles. The Morgan fingerprint density at radius 2 is 2.12 bits per heavy atom. The van der Waals surface area contributed by atoms with E-state index in [4.69, 9.17) is 0 Å². The fraction of sp³-hybridized carbons (Fsp3) is 0.389. The van der Waals surface area contributed by atoms with Gasteiger partial charge < -0.3 is 4.90 Å². The van der Waals surface area contributed by atoms with Gasteiger partial charge in [-0.05, 0) is 31.4 Å². The lowest BCUT2D eigenvalue weighted by Crippen LogP contribution is -2.27. The number of amides is 1. The van der Waals surface area contributed by atoms with Gasteiger partial charge >= 0.3 is 6.55 Å². The van der Waals surface area contributed by atoms with Crippen molar-refractivity contribution in [3.63, 3.8) is 0 Å². The van der Waals surface area contributed by atoms with Crippen LogP contribution in [0.3, 0.4) is 0 Å². The number of aromatic nitrogens is 3. The van der Waals surface area contributed by atoms with Crippen molar-refractivity contribution in [2.75, 3.05) is 7.05 Å². The van der Waals surface area contributed by atoms with Crippen LogP contribution in [0.4, 0.5) is 8.78 Å². The number of imidazole rings is 1. The lowest BCUT2D eigenvalue weighted by Gasteiger charge is -2.17. The summed E-state index contributed by atoms with van der Waals surface area (Å²) in [6, 6.07) is 8.02. The molecule has 0 spiro atoms. The maximum Gasteiger partial charge on any atom is 0.319 e. The number of halogens is 2. The predicted octanol–water partition coefficient (Wildman–Crippen LogP) is 4.26. The number of nitrogens with zero attached hydrogens (tertiary/aromatic N) is 4. The molecule has 5 nitrogen and oxygen atoms in total. The first kappa shape index (κ1) is 18.4. The second-order valence-corrected chi connectivity index (χ2v) is 7.18. The van der Waals surface area contributed by atoms with E-state index in [0.29, 0.717) is 6.42 Å². The van der Waals surface area contributed by atoms with E-state index in [9.17, 15) is 13.6 Å². The topological polar surface area (TPSA) is 51.0 Å². The molecule has 0 N–H and O–H groups in total. The second-order valence-electron chi connectivity index (χ2n) is 6.06. The molecule has 0 bridgehead atoms. The minimum absolute atomic E-state index is 0.0712. The quantitative estimate of drug-likeness (QED) is 0.551. The summed E-state index contributed by atoms with van der Waals surface area (Å²) in [5, 5.41) is 1.07. The largest absolute Gasteiger partial charge is 0.338 e. The molecule has 0 aliphatic carbocycles. The molecule has 3 aromatic rings. The Balaban J connectivity index is 1.44. The van der Waals surface area contributed by atoms with Crippen LogP contribution in [0.2, 0.25) is 0 Å². The van der Waals surface area contributed by atoms with Crippen LogP contribution in [0, 0.1) is 0 Å². The second kappa shape index (κ2) is 8.35. The molecule has 3 rings (SSSR count). The van der Waals surface area contributed by atoms with E-state index in [-0.39, 0.29) is 18.3 Å². The zero-order valence-electron chi connectivity index (χ0n) is 14.4. The molecule has 26 heavy (non-hydrogen) atoms. The molecule has 0 saturated carbocycles. The molecule has 0 unspecified atom stereocenters. The molecular formula is C18H20F2N4OS. The van der Waals surface area contributed by atoms with Crippen molar-refractivity contribution in [3.05, 3.63) is 47.5 Å². The fourth-order valence-electron chi connectivity index (χ4n) is 2.71. The molecule has 2 aromatic heterocycles. The number of para-hydroxylation sites is 1. The average Bonchev–Trinajstić information content (AvgIpc) is 3.24. The fourth-order valence-corrected chi connectivity index (χ4v) is 3.72. The monoisotopic (exact) mass is 378 g/mol. The summed E-state index contributed by atoms with van der Waals surface area (Å²) in [6.45, 7) is -2.57. The minimum Gasteiger partial charge on any atom is -0.338 e. The van der Waals surface area contributed by atoms with E-state index in [1.807, 2.05) is 18.2 Å². The lowest BCUT2D eigenvalue weighted by molar-refractivity contribution is -0.130. The highest BCUT2D eigenvalue weighted by atomic mass is 32.1. The molecule has 8 heteroatoms. The van der Waals surface area contributed by atoms with Crippen LogP contribution in [-0.4, -0.2) is 32.4 Å². The van der Waals surface area contributed by atoms with Crippen molar-refractivity contribution in [2.45, 2.75) is 38.8 Å². The van der Waals surface area contributed by atoms with E-state index in [2.05, 4.69) is 16.0 Å². The van der Waals surface area contributed by atoms with Crippen LogP contribution >= 0.6 is 11.3 Å². The Morgan fingerprint density at radius 3 is 2.88 bits per heavy atom. The van der Waals surface area contributed by atoms with Crippen molar-refractivity contribution in [1.29, 1.82) is 0 Å². The maximum atomic E-state index is 12.8. The van der Waals surface area contributed by atoms with Gasteiger partial charge in [0.1, 0.15) is 5.82 Å². The smallest absolute Gasteiger partial charge is 0.319 e. The summed E-state index contributed by atoms with van der Waals surface area (Å²) < 4.78 is 27.6. The first-order valence-electron chi connectivity index (χ1n) is 8.43. The third kappa shape index (κ3) is 4.43. The van der Waals surface area contributed by atoms with Gasteiger partial charge in [-0.2, -0.15) is 8.78 Å². The SMILES string of the molecule is CN(Cc1nccn1C(F)F)C(=O)CCCCc1nc2ccccc2s1. The van der Waals surface area contributed by atoms with E-state index < -0.39 is 6.55 Å². The molecular weight excluding hydrogens is 358 g/mol. The van der Waals surface area contributed by atoms with Crippen molar-refractivity contribution in [1.82, 2.24) is 19.4 Å². The molecule has 1 amide bonds. The van der Waals surface area contributed by atoms with E-state index in [1.54, 1.807) is 18.4 Å². The standard InChI is InChI=1S/C18H20F2N4OS/c1-23(12-15-21-10-11-24(15)18(19)20)17(25)9-5-4-8-16-22-13-6-2-3-7-14(13)26-16/h2-3,6-7,10-11,18H,4-5,8-9,12H2,1H3. The van der Waals surface area contributed by atoms with Gasteiger partial charge in [0.2, 0.25) is 5.91 Å². The molecule has 1 aromatic carbocycles. The number of benzene rings is 1. The average molecular weight is 378 g/mol. The molecule has 0 radical (unpaired) electrons. The summed E-state index contributed by atoms with van der Waals surface area (Å²) >= 11 is 1.68. The number of thiazole rings is 1. The zero-order valence-corrected chi connectivity index (χ0v) is 15.3. The molecule has 0 aliphatic rings. The van der Waals surface area contributed by atoms with Crippen LogP contribution in [0.15, 0.2) is 36.7 Å². The summed E-state index contributed by atoms with van der Waals surface area (Å²) in [6.07, 6.45) is 5.37. The number of carbonyl (C=O) groups excluding carboxylic acids is 1. The Hall–Kier alpha value is -2.35. The summed E-state index contributed by atoms with van der Waals surface area (Å²) in [4.78, 5) is 22.1. The van der Waals surface area contributed by atoms with Crippen LogP contribution in [-0.2, 0) is 17.8 Å². The predicted molar refractivity (Wildman–Crippen MR) is 97.1 cm³/mol. The number of unbranched alkanes of at least 4 members (excludes halogenated alkanes) is 1. The molecule has 0 fully saturated rings. The van der Waals surface area contributed by atoms with Gasteiger partial charge in [0.05, 0.1) is 21.8 Å². The zero-order chi connectivity index (χ0) is 18.5. The third-order valence-corrected chi connectivity index (χ3v) is 5.23. The van der Waals surface area contributed by atoms with E-state index in [0.717, 1.165) is 34.4 Å². The number of hydrogen-bond donors (Lipinski definition) is 0. The van der Waals surface area contributed by atoms with E-state index >= 15 is 0 Å². The maximum absolute atomic E-state index is 12.8. The van der Waals surface area contributed by atoms with Crippen molar-refractivity contribution in [3.8, 4) is 0 Å². The van der Waals surface area contributed by atoms with Gasteiger partial charge in [-0.1, -0.05) is 12.1 Å². The van der Waals surface area contributed by atoms with Gasteiger partial charge in [0.15, 0.2) is 0 Å². The first-order valence-corrected chi connectivity index (χ1v) is 9.24. The Morgan fingerprint density at radius 1 is 1.31 bits per heavy atom. The van der Waals surface area contributed by atoms with Crippen molar-refractivity contribution in [2.24, 2.45) is 0 Å². The van der Waals surface area contributed by atoms with Gasteiger partial charge in [0.25, 0.3) is 0 Å². The number of alkyl halides is 2.